The Morgan fingerprint density at radius 3 is 2.23 bits per heavy atom. The maximum atomic E-state index is 11.3. The van der Waals surface area contributed by atoms with Gasteiger partial charge in [-0.2, -0.15) is 0 Å². The van der Waals surface area contributed by atoms with E-state index >= 15 is 0 Å². The smallest absolute Gasteiger partial charge is 0.328 e. The Labute approximate surface area is 76.3 Å². The maximum absolute atomic E-state index is 11.3. The van der Waals surface area contributed by atoms with E-state index in [1.807, 2.05) is 0 Å². The highest BCUT2D eigenvalue weighted by Gasteiger charge is 2.48. The molecule has 4 N–H and O–H groups in total. The van der Waals surface area contributed by atoms with E-state index in [-0.39, 0.29) is 5.91 Å². The molecule has 13 heavy (non-hydrogen) atoms. The quantitative estimate of drug-likeness (QED) is 0.551. The van der Waals surface area contributed by atoms with Crippen LogP contribution in [-0.4, -0.2) is 28.1 Å². The summed E-state index contributed by atoms with van der Waals surface area (Å²) in [4.78, 5) is 22.0. The Hall–Kier alpha value is -1.10. The molecule has 5 nitrogen and oxygen atoms in total. The van der Waals surface area contributed by atoms with Gasteiger partial charge < -0.3 is 16.2 Å². The van der Waals surface area contributed by atoms with Crippen LogP contribution in [0.4, 0.5) is 0 Å². The van der Waals surface area contributed by atoms with Gasteiger partial charge >= 0.3 is 5.97 Å². The van der Waals surface area contributed by atoms with Crippen LogP contribution < -0.4 is 11.1 Å². The highest BCUT2D eigenvalue weighted by atomic mass is 16.4. The molecule has 0 bridgehead atoms. The van der Waals surface area contributed by atoms with Crippen LogP contribution in [0.2, 0.25) is 0 Å². The van der Waals surface area contributed by atoms with Crippen LogP contribution in [0.5, 0.6) is 0 Å². The summed E-state index contributed by atoms with van der Waals surface area (Å²) in [5, 5.41) is 11.1. The van der Waals surface area contributed by atoms with E-state index in [4.69, 9.17) is 10.8 Å². The Morgan fingerprint density at radius 2 is 1.92 bits per heavy atom. The van der Waals surface area contributed by atoms with Crippen molar-refractivity contribution in [3.8, 4) is 0 Å². The lowest BCUT2D eigenvalue weighted by Crippen LogP contribution is -2.55. The number of carboxylic acids is 1. The van der Waals surface area contributed by atoms with E-state index < -0.39 is 17.0 Å². The molecule has 1 fully saturated rings. The van der Waals surface area contributed by atoms with Gasteiger partial charge in [-0.05, 0) is 26.7 Å². The second-order valence-electron chi connectivity index (χ2n) is 4.04. The molecule has 0 atom stereocenters. The number of carbonyl (C=O) groups excluding carboxylic acids is 1. The zero-order valence-corrected chi connectivity index (χ0v) is 7.76. The van der Waals surface area contributed by atoms with Crippen LogP contribution in [-0.2, 0) is 9.59 Å². The third-order valence-electron chi connectivity index (χ3n) is 2.20. The molecule has 1 aliphatic carbocycles. The fraction of sp³-hybridized carbons (Fsp3) is 0.750. The van der Waals surface area contributed by atoms with Crippen LogP contribution in [0.1, 0.15) is 26.7 Å². The number of nitrogens with one attached hydrogen (secondary N) is 1. The predicted molar refractivity (Wildman–Crippen MR) is 46.0 cm³/mol. The van der Waals surface area contributed by atoms with Gasteiger partial charge in [-0.3, -0.25) is 4.79 Å². The van der Waals surface area contributed by atoms with Crippen molar-refractivity contribution < 1.29 is 14.7 Å². The monoisotopic (exact) mass is 186 g/mol. The number of amides is 1. The number of aliphatic carboxylic acids is 1. The molecular formula is C8H14N2O3. The normalized spacial score (nSPS) is 19.3. The summed E-state index contributed by atoms with van der Waals surface area (Å²) in [5.41, 5.74) is 3.54. The molecule has 5 heteroatoms. The average Bonchev–Trinajstić information content (AvgIpc) is 2.68. The fourth-order valence-corrected chi connectivity index (χ4v) is 0.823. The molecule has 0 aromatic rings. The van der Waals surface area contributed by atoms with Crippen molar-refractivity contribution in [3.63, 3.8) is 0 Å². The maximum Gasteiger partial charge on any atom is 0.328 e. The number of carbonyl (C=O) groups is 2. The number of carboxylic acid groups (broad SMARTS) is 1. The summed E-state index contributed by atoms with van der Waals surface area (Å²) in [6, 6.07) is 0. The molecule has 0 heterocycles. The molecule has 1 aliphatic rings. The van der Waals surface area contributed by atoms with Crippen LogP contribution >= 0.6 is 0 Å². The summed E-state index contributed by atoms with van der Waals surface area (Å²) in [5.74, 6) is -1.44. The van der Waals surface area contributed by atoms with E-state index in [1.54, 1.807) is 0 Å². The van der Waals surface area contributed by atoms with Crippen molar-refractivity contribution in [1.82, 2.24) is 5.32 Å². The summed E-state index contributed by atoms with van der Waals surface area (Å²) < 4.78 is 0. The van der Waals surface area contributed by atoms with E-state index in [0.29, 0.717) is 12.8 Å². The van der Waals surface area contributed by atoms with Crippen molar-refractivity contribution in [2.45, 2.75) is 37.8 Å². The van der Waals surface area contributed by atoms with Gasteiger partial charge in [0.2, 0.25) is 5.91 Å². The van der Waals surface area contributed by atoms with E-state index in [0.717, 1.165) is 0 Å². The second kappa shape index (κ2) is 2.70. The lowest BCUT2D eigenvalue weighted by molar-refractivity contribution is -0.146. The molecule has 74 valence electrons. The highest BCUT2D eigenvalue weighted by molar-refractivity contribution is 5.93. The topological polar surface area (TPSA) is 92.4 Å². The first kappa shape index (κ1) is 9.98. The largest absolute Gasteiger partial charge is 0.480 e. The Kier molecular flexibility index (Phi) is 2.07. The molecule has 0 aromatic carbocycles. The minimum atomic E-state index is -1.24. The van der Waals surface area contributed by atoms with Gasteiger partial charge in [0.05, 0.1) is 5.54 Å². The van der Waals surface area contributed by atoms with Gasteiger partial charge in [0.25, 0.3) is 0 Å². The van der Waals surface area contributed by atoms with E-state index in [9.17, 15) is 9.59 Å². The Balaban J connectivity index is 2.58. The van der Waals surface area contributed by atoms with Gasteiger partial charge in [0, 0.05) is 0 Å². The minimum absolute atomic E-state index is 0.375. The van der Waals surface area contributed by atoms with Crippen LogP contribution in [0, 0.1) is 0 Å². The van der Waals surface area contributed by atoms with Crippen molar-refractivity contribution in [2.24, 2.45) is 5.73 Å². The zero-order chi connectivity index (χ0) is 10.3. The molecule has 1 amide bonds. The van der Waals surface area contributed by atoms with Crippen molar-refractivity contribution in [2.75, 3.05) is 0 Å². The molecular weight excluding hydrogens is 172 g/mol. The third-order valence-corrected chi connectivity index (χ3v) is 2.20. The third kappa shape index (κ3) is 1.98. The number of nitrogens with two attached hydrogens (primary N) is 1. The second-order valence-corrected chi connectivity index (χ2v) is 4.04. The van der Waals surface area contributed by atoms with Crippen molar-refractivity contribution >= 4 is 11.9 Å². The van der Waals surface area contributed by atoms with E-state index in [1.165, 1.54) is 13.8 Å². The van der Waals surface area contributed by atoms with E-state index in [2.05, 4.69) is 5.32 Å². The first-order valence-electron chi connectivity index (χ1n) is 4.13. The molecule has 0 aliphatic heterocycles. The number of rotatable bonds is 3. The van der Waals surface area contributed by atoms with Crippen LogP contribution in [0.15, 0.2) is 0 Å². The highest BCUT2D eigenvalue weighted by Crippen LogP contribution is 2.32. The summed E-state index contributed by atoms with van der Waals surface area (Å²) in [7, 11) is 0. The Morgan fingerprint density at radius 1 is 1.46 bits per heavy atom. The minimum Gasteiger partial charge on any atom is -0.480 e. The van der Waals surface area contributed by atoms with Crippen LogP contribution in [0.25, 0.3) is 0 Å². The van der Waals surface area contributed by atoms with Gasteiger partial charge in [-0.1, -0.05) is 0 Å². The first-order valence-corrected chi connectivity index (χ1v) is 4.13. The standard InChI is InChI=1S/C8H14N2O3/c1-7(2,6(12)13)10-5(11)8(9)3-4-8/h3-4,9H2,1-2H3,(H,10,11)(H,12,13). The molecule has 1 saturated carbocycles. The predicted octanol–water partition coefficient (Wildman–Crippen LogP) is -0.543. The van der Waals surface area contributed by atoms with Crippen LogP contribution in [0.3, 0.4) is 0 Å². The fourth-order valence-electron chi connectivity index (χ4n) is 0.823. The van der Waals surface area contributed by atoms with Gasteiger partial charge in [0.1, 0.15) is 5.54 Å². The van der Waals surface area contributed by atoms with Crippen molar-refractivity contribution in [1.29, 1.82) is 0 Å². The molecule has 1 rings (SSSR count). The summed E-state index contributed by atoms with van der Waals surface area (Å²) in [6.45, 7) is 2.86. The van der Waals surface area contributed by atoms with Gasteiger partial charge in [0.15, 0.2) is 0 Å². The zero-order valence-electron chi connectivity index (χ0n) is 7.76. The lowest BCUT2D eigenvalue weighted by atomic mass is 10.1. The summed E-state index contributed by atoms with van der Waals surface area (Å²) >= 11 is 0. The van der Waals surface area contributed by atoms with Gasteiger partial charge in [-0.25, -0.2) is 4.79 Å². The Bertz CT molecular complexity index is 256. The average molecular weight is 186 g/mol. The molecule has 0 radical (unpaired) electrons. The number of hydrogen-bond acceptors (Lipinski definition) is 3. The molecule has 0 saturated heterocycles. The SMILES string of the molecule is CC(C)(NC(=O)C1(N)CC1)C(=O)O. The molecule has 0 spiro atoms. The lowest BCUT2D eigenvalue weighted by Gasteiger charge is -2.22. The summed E-state index contributed by atoms with van der Waals surface area (Å²) in [6.07, 6.45) is 1.27. The van der Waals surface area contributed by atoms with Gasteiger partial charge in [-0.15, -0.1) is 0 Å². The number of hydrogen-bond donors (Lipinski definition) is 3. The molecule has 0 unspecified atom stereocenters. The molecule has 0 aromatic heterocycles. The van der Waals surface area contributed by atoms with Crippen molar-refractivity contribution in [3.05, 3.63) is 0 Å². The first-order chi connectivity index (χ1) is 5.78.